The van der Waals surface area contributed by atoms with Gasteiger partial charge in [-0.1, -0.05) is 24.6 Å². The molecule has 19 heavy (non-hydrogen) atoms. The van der Waals surface area contributed by atoms with Crippen molar-refractivity contribution in [3.8, 4) is 0 Å². The lowest BCUT2D eigenvalue weighted by molar-refractivity contribution is -0.126. The van der Waals surface area contributed by atoms with Gasteiger partial charge in [-0.05, 0) is 32.5 Å². The fraction of sp³-hybridized carbons (Fsp3) is 0.429. The van der Waals surface area contributed by atoms with Crippen LogP contribution in [0.1, 0.15) is 24.8 Å². The number of halogens is 1. The minimum absolute atomic E-state index is 0.130. The van der Waals surface area contributed by atoms with Crippen LogP contribution in [0.4, 0.5) is 4.39 Å². The third-order valence-electron chi connectivity index (χ3n) is 3.36. The summed E-state index contributed by atoms with van der Waals surface area (Å²) in [6.45, 7) is 0.926. The van der Waals surface area contributed by atoms with Crippen molar-refractivity contribution in [1.82, 2.24) is 10.3 Å². The van der Waals surface area contributed by atoms with E-state index in [9.17, 15) is 9.18 Å². The van der Waals surface area contributed by atoms with Crippen LogP contribution in [0.3, 0.4) is 0 Å². The van der Waals surface area contributed by atoms with E-state index in [1.54, 1.807) is 18.2 Å². The van der Waals surface area contributed by atoms with Crippen LogP contribution in [0, 0.1) is 5.82 Å². The molecule has 0 radical (unpaired) electrons. The maximum absolute atomic E-state index is 13.3. The molecule has 0 saturated carbocycles. The van der Waals surface area contributed by atoms with E-state index >= 15 is 0 Å². The Labute approximate surface area is 112 Å². The van der Waals surface area contributed by atoms with Crippen molar-refractivity contribution in [2.75, 3.05) is 13.6 Å². The van der Waals surface area contributed by atoms with Crippen molar-refractivity contribution in [3.63, 3.8) is 0 Å². The first kappa shape index (κ1) is 13.7. The molecule has 1 N–H and O–H groups in total. The standard InChI is InChI=1S/C14H18FN3O/c1-18-9-5-4-8-13(18)14(19)17-16-10-11-6-2-3-7-12(11)15/h2-3,6-7,10,13H,4-5,8-9H2,1H3,(H,17,19). The van der Waals surface area contributed by atoms with Gasteiger partial charge in [0.05, 0.1) is 12.3 Å². The van der Waals surface area contributed by atoms with E-state index in [1.165, 1.54) is 12.3 Å². The zero-order chi connectivity index (χ0) is 13.7. The molecule has 1 amide bonds. The van der Waals surface area contributed by atoms with Crippen molar-refractivity contribution in [2.24, 2.45) is 5.10 Å². The Morgan fingerprint density at radius 1 is 1.47 bits per heavy atom. The molecule has 1 fully saturated rings. The number of carbonyl (C=O) groups is 1. The van der Waals surface area contributed by atoms with Crippen molar-refractivity contribution < 1.29 is 9.18 Å². The Bertz CT molecular complexity index is 476. The molecule has 102 valence electrons. The van der Waals surface area contributed by atoms with Crippen LogP contribution in [-0.4, -0.2) is 36.7 Å². The van der Waals surface area contributed by atoms with Gasteiger partial charge in [-0.15, -0.1) is 0 Å². The Kier molecular flexibility index (Phi) is 4.63. The predicted molar refractivity (Wildman–Crippen MR) is 72.4 cm³/mol. The molecule has 0 spiro atoms. The van der Waals surface area contributed by atoms with E-state index in [-0.39, 0.29) is 17.8 Å². The van der Waals surface area contributed by atoms with Crippen molar-refractivity contribution >= 4 is 12.1 Å². The van der Waals surface area contributed by atoms with Gasteiger partial charge in [0, 0.05) is 5.56 Å². The average molecular weight is 263 g/mol. The minimum atomic E-state index is -0.352. The zero-order valence-corrected chi connectivity index (χ0v) is 11.0. The Hall–Kier alpha value is -1.75. The highest BCUT2D eigenvalue weighted by Crippen LogP contribution is 2.14. The minimum Gasteiger partial charge on any atom is -0.295 e. The largest absolute Gasteiger partial charge is 0.295 e. The summed E-state index contributed by atoms with van der Waals surface area (Å²) in [6.07, 6.45) is 4.35. The van der Waals surface area contributed by atoms with Crippen LogP contribution in [0.15, 0.2) is 29.4 Å². The number of hydrogen-bond acceptors (Lipinski definition) is 3. The molecular weight excluding hydrogens is 245 g/mol. The SMILES string of the molecule is CN1CCCCC1C(=O)NN=Cc1ccccc1F. The highest BCUT2D eigenvalue weighted by molar-refractivity contribution is 5.85. The summed E-state index contributed by atoms with van der Waals surface area (Å²) in [5, 5.41) is 3.82. The topological polar surface area (TPSA) is 44.7 Å². The molecule has 0 aliphatic carbocycles. The smallest absolute Gasteiger partial charge is 0.257 e. The van der Waals surface area contributed by atoms with Gasteiger partial charge in [0.1, 0.15) is 5.82 Å². The maximum atomic E-state index is 13.3. The second kappa shape index (κ2) is 6.43. The molecule has 1 aromatic rings. The fourth-order valence-corrected chi connectivity index (χ4v) is 2.23. The normalized spacial score (nSPS) is 20.6. The molecule has 0 bridgehead atoms. The summed E-state index contributed by atoms with van der Waals surface area (Å²) >= 11 is 0. The summed E-state index contributed by atoms with van der Waals surface area (Å²) < 4.78 is 13.3. The van der Waals surface area contributed by atoms with Gasteiger partial charge in [-0.3, -0.25) is 9.69 Å². The Morgan fingerprint density at radius 3 is 3.00 bits per heavy atom. The maximum Gasteiger partial charge on any atom is 0.257 e. The Balaban J connectivity index is 1.91. The number of nitrogens with one attached hydrogen (secondary N) is 1. The summed E-state index contributed by atoms with van der Waals surface area (Å²) in [7, 11) is 1.93. The highest BCUT2D eigenvalue weighted by Gasteiger charge is 2.25. The third kappa shape index (κ3) is 3.61. The molecule has 1 aromatic carbocycles. The number of likely N-dealkylation sites (tertiary alicyclic amines) is 1. The van der Waals surface area contributed by atoms with Crippen LogP contribution < -0.4 is 5.43 Å². The number of benzene rings is 1. The molecule has 1 unspecified atom stereocenters. The summed E-state index contributed by atoms with van der Waals surface area (Å²) in [6, 6.07) is 6.17. The number of hydrazone groups is 1. The number of rotatable bonds is 3. The van der Waals surface area contributed by atoms with E-state index in [0.717, 1.165) is 25.8 Å². The molecule has 0 aromatic heterocycles. The molecular formula is C14H18FN3O. The number of carbonyl (C=O) groups excluding carboxylic acids is 1. The summed E-state index contributed by atoms with van der Waals surface area (Å²) in [5.74, 6) is -0.481. The first-order chi connectivity index (χ1) is 9.18. The van der Waals surface area contributed by atoms with Gasteiger partial charge in [0.15, 0.2) is 0 Å². The van der Waals surface area contributed by atoms with Crippen LogP contribution in [0.25, 0.3) is 0 Å². The second-order valence-corrected chi connectivity index (χ2v) is 4.75. The lowest BCUT2D eigenvalue weighted by Gasteiger charge is -2.30. The number of piperidine rings is 1. The van der Waals surface area contributed by atoms with Crippen LogP contribution in [-0.2, 0) is 4.79 Å². The molecule has 1 atom stereocenters. The van der Waals surface area contributed by atoms with Crippen molar-refractivity contribution in [3.05, 3.63) is 35.6 Å². The van der Waals surface area contributed by atoms with Crippen LogP contribution in [0.2, 0.25) is 0 Å². The molecule has 4 nitrogen and oxygen atoms in total. The first-order valence-electron chi connectivity index (χ1n) is 6.46. The highest BCUT2D eigenvalue weighted by atomic mass is 19.1. The van der Waals surface area contributed by atoms with Gasteiger partial charge < -0.3 is 0 Å². The van der Waals surface area contributed by atoms with E-state index in [4.69, 9.17) is 0 Å². The molecule has 1 saturated heterocycles. The first-order valence-corrected chi connectivity index (χ1v) is 6.46. The lowest BCUT2D eigenvalue weighted by Crippen LogP contribution is -2.46. The van der Waals surface area contributed by atoms with Gasteiger partial charge in [0.25, 0.3) is 5.91 Å². The van der Waals surface area contributed by atoms with E-state index in [0.29, 0.717) is 5.56 Å². The third-order valence-corrected chi connectivity index (χ3v) is 3.36. The number of nitrogens with zero attached hydrogens (tertiary/aromatic N) is 2. The van der Waals surface area contributed by atoms with Gasteiger partial charge in [0.2, 0.25) is 0 Å². The fourth-order valence-electron chi connectivity index (χ4n) is 2.23. The van der Waals surface area contributed by atoms with Gasteiger partial charge in [-0.2, -0.15) is 5.10 Å². The van der Waals surface area contributed by atoms with Crippen LogP contribution >= 0.6 is 0 Å². The average Bonchev–Trinajstić information content (AvgIpc) is 2.41. The predicted octanol–water partition coefficient (Wildman–Crippen LogP) is 1.76. The molecule has 1 heterocycles. The quantitative estimate of drug-likeness (QED) is 0.667. The van der Waals surface area contributed by atoms with E-state index in [2.05, 4.69) is 10.5 Å². The van der Waals surface area contributed by atoms with Gasteiger partial charge >= 0.3 is 0 Å². The number of likely N-dealkylation sites (N-methyl/N-ethyl adjacent to an activating group) is 1. The molecule has 1 aliphatic rings. The molecule has 5 heteroatoms. The van der Waals surface area contributed by atoms with E-state index < -0.39 is 0 Å². The molecule has 1 aliphatic heterocycles. The number of amides is 1. The lowest BCUT2D eigenvalue weighted by atomic mass is 10.0. The van der Waals surface area contributed by atoms with Crippen LogP contribution in [0.5, 0.6) is 0 Å². The Morgan fingerprint density at radius 2 is 2.26 bits per heavy atom. The molecule has 2 rings (SSSR count). The second-order valence-electron chi connectivity index (χ2n) is 4.75. The summed E-state index contributed by atoms with van der Waals surface area (Å²) in [5.41, 5.74) is 2.84. The van der Waals surface area contributed by atoms with Crippen molar-refractivity contribution in [1.29, 1.82) is 0 Å². The van der Waals surface area contributed by atoms with E-state index in [1.807, 2.05) is 11.9 Å². The van der Waals surface area contributed by atoms with Crippen molar-refractivity contribution in [2.45, 2.75) is 25.3 Å². The number of hydrogen-bond donors (Lipinski definition) is 1. The zero-order valence-electron chi connectivity index (χ0n) is 11.0. The van der Waals surface area contributed by atoms with Gasteiger partial charge in [-0.25, -0.2) is 9.82 Å². The monoisotopic (exact) mass is 263 g/mol. The summed E-state index contributed by atoms with van der Waals surface area (Å²) in [4.78, 5) is 13.9.